The molecular weight excluding hydrogens is 230 g/mol. The number of aliphatic carboxylic acids is 1. The number of rotatable bonds is 6. The van der Waals surface area contributed by atoms with Crippen LogP contribution in [-0.4, -0.2) is 23.4 Å². The van der Waals surface area contributed by atoms with Crippen molar-refractivity contribution in [1.82, 2.24) is 0 Å². The Morgan fingerprint density at radius 1 is 1.33 bits per heavy atom. The Bertz CT molecular complexity index is 440. The Labute approximate surface area is 107 Å². The van der Waals surface area contributed by atoms with Crippen molar-refractivity contribution in [3.63, 3.8) is 0 Å². The molecule has 0 saturated heterocycles. The molecule has 0 aliphatic heterocycles. The molecule has 1 atom stereocenters. The fourth-order valence-corrected chi connectivity index (χ4v) is 1.68. The van der Waals surface area contributed by atoms with Gasteiger partial charge in [0.25, 0.3) is 0 Å². The van der Waals surface area contributed by atoms with E-state index in [0.29, 0.717) is 12.1 Å². The van der Waals surface area contributed by atoms with Crippen molar-refractivity contribution in [2.75, 3.05) is 11.9 Å². The lowest BCUT2D eigenvalue weighted by Crippen LogP contribution is -2.27. The van der Waals surface area contributed by atoms with Crippen LogP contribution in [0.25, 0.3) is 0 Å². The molecule has 1 unspecified atom stereocenters. The van der Waals surface area contributed by atoms with Crippen LogP contribution in [0.2, 0.25) is 0 Å². The first-order valence-electron chi connectivity index (χ1n) is 5.99. The largest absolute Gasteiger partial charge is 0.481 e. The number of carbonyl (C=O) groups is 2. The summed E-state index contributed by atoms with van der Waals surface area (Å²) in [6.07, 6.45) is 0. The van der Waals surface area contributed by atoms with Crippen LogP contribution in [0, 0.1) is 11.8 Å². The first-order valence-corrected chi connectivity index (χ1v) is 5.99. The van der Waals surface area contributed by atoms with Crippen LogP contribution >= 0.6 is 0 Å². The molecule has 1 rings (SSSR count). The second-order valence-corrected chi connectivity index (χ2v) is 4.71. The Morgan fingerprint density at radius 2 is 2.00 bits per heavy atom. The Kier molecular flexibility index (Phi) is 4.89. The van der Waals surface area contributed by atoms with Gasteiger partial charge in [0.2, 0.25) is 0 Å². The predicted molar refractivity (Wildman–Crippen MR) is 70.9 cm³/mol. The number of carboxylic acid groups (broad SMARTS) is 1. The molecule has 0 fully saturated rings. The summed E-state index contributed by atoms with van der Waals surface area (Å²) in [6.45, 7) is 5.63. The number of ketones is 1. The molecule has 0 aromatic heterocycles. The van der Waals surface area contributed by atoms with Gasteiger partial charge in [0.1, 0.15) is 0 Å². The third kappa shape index (κ3) is 3.87. The second kappa shape index (κ2) is 6.19. The Morgan fingerprint density at radius 3 is 2.50 bits per heavy atom. The van der Waals surface area contributed by atoms with Crippen molar-refractivity contribution >= 4 is 17.4 Å². The molecule has 0 saturated carbocycles. The summed E-state index contributed by atoms with van der Waals surface area (Å²) in [5, 5.41) is 12.1. The summed E-state index contributed by atoms with van der Waals surface area (Å²) < 4.78 is 0. The van der Waals surface area contributed by atoms with Crippen molar-refractivity contribution in [3.8, 4) is 0 Å². The molecule has 0 bridgehead atoms. The standard InChI is InChI=1S/C14H19NO3/c1-9(2)13(14(17)18)8-15-12-6-4-5-11(7-12)10(3)16/h4-7,9,13,15H,8H2,1-3H3,(H,17,18). The average Bonchev–Trinajstić information content (AvgIpc) is 2.28. The fraction of sp³-hybridized carbons (Fsp3) is 0.429. The maximum Gasteiger partial charge on any atom is 0.308 e. The highest BCUT2D eigenvalue weighted by molar-refractivity contribution is 5.94. The first-order chi connectivity index (χ1) is 8.41. The van der Waals surface area contributed by atoms with Gasteiger partial charge in [0.15, 0.2) is 5.78 Å². The molecule has 98 valence electrons. The molecule has 0 heterocycles. The van der Waals surface area contributed by atoms with Gasteiger partial charge in [0, 0.05) is 17.8 Å². The van der Waals surface area contributed by atoms with Crippen molar-refractivity contribution in [2.24, 2.45) is 11.8 Å². The summed E-state index contributed by atoms with van der Waals surface area (Å²) in [5.41, 5.74) is 1.39. The average molecular weight is 249 g/mol. The smallest absolute Gasteiger partial charge is 0.308 e. The van der Waals surface area contributed by atoms with Crippen molar-refractivity contribution in [2.45, 2.75) is 20.8 Å². The van der Waals surface area contributed by atoms with Crippen LogP contribution in [0.1, 0.15) is 31.1 Å². The van der Waals surface area contributed by atoms with Crippen molar-refractivity contribution in [1.29, 1.82) is 0 Å². The van der Waals surface area contributed by atoms with Gasteiger partial charge in [-0.3, -0.25) is 9.59 Å². The zero-order chi connectivity index (χ0) is 13.7. The molecule has 0 amide bonds. The van der Waals surface area contributed by atoms with Gasteiger partial charge in [-0.05, 0) is 25.0 Å². The van der Waals surface area contributed by atoms with Crippen LogP contribution in [0.5, 0.6) is 0 Å². The van der Waals surface area contributed by atoms with Gasteiger partial charge < -0.3 is 10.4 Å². The Balaban J connectivity index is 2.70. The fourth-order valence-electron chi connectivity index (χ4n) is 1.68. The van der Waals surface area contributed by atoms with E-state index in [1.54, 1.807) is 18.2 Å². The molecule has 1 aromatic rings. The number of nitrogens with one attached hydrogen (secondary N) is 1. The molecule has 0 aliphatic carbocycles. The number of carbonyl (C=O) groups excluding carboxylic acids is 1. The molecule has 2 N–H and O–H groups in total. The summed E-state index contributed by atoms with van der Waals surface area (Å²) in [6, 6.07) is 7.09. The molecule has 0 aliphatic rings. The number of Topliss-reactive ketones (excluding diaryl/α,β-unsaturated/α-hetero) is 1. The van der Waals surface area contributed by atoms with Crippen LogP contribution < -0.4 is 5.32 Å². The number of carboxylic acids is 1. The minimum atomic E-state index is -0.805. The number of benzene rings is 1. The lowest BCUT2D eigenvalue weighted by atomic mass is 9.96. The highest BCUT2D eigenvalue weighted by Crippen LogP contribution is 2.15. The SMILES string of the molecule is CC(=O)c1cccc(NCC(C(=O)O)C(C)C)c1. The third-order valence-electron chi connectivity index (χ3n) is 2.92. The quantitative estimate of drug-likeness (QED) is 0.761. The predicted octanol–water partition coefficient (Wildman–Crippen LogP) is 2.66. The highest BCUT2D eigenvalue weighted by Gasteiger charge is 2.20. The molecular formula is C14H19NO3. The van der Waals surface area contributed by atoms with E-state index in [9.17, 15) is 9.59 Å². The van der Waals surface area contributed by atoms with Crippen LogP contribution in [-0.2, 0) is 4.79 Å². The lowest BCUT2D eigenvalue weighted by molar-refractivity contribution is -0.142. The van der Waals surface area contributed by atoms with E-state index in [0.717, 1.165) is 5.69 Å². The van der Waals surface area contributed by atoms with E-state index in [4.69, 9.17) is 5.11 Å². The van der Waals surface area contributed by atoms with E-state index in [1.165, 1.54) is 6.92 Å². The minimum absolute atomic E-state index is 0.00251. The van der Waals surface area contributed by atoms with Gasteiger partial charge in [-0.15, -0.1) is 0 Å². The zero-order valence-corrected chi connectivity index (χ0v) is 10.9. The topological polar surface area (TPSA) is 66.4 Å². The zero-order valence-electron chi connectivity index (χ0n) is 10.9. The van der Waals surface area contributed by atoms with E-state index in [1.807, 2.05) is 19.9 Å². The summed E-state index contributed by atoms with van der Waals surface area (Å²) in [7, 11) is 0. The van der Waals surface area contributed by atoms with Crippen LogP contribution in [0.15, 0.2) is 24.3 Å². The van der Waals surface area contributed by atoms with Crippen LogP contribution in [0.4, 0.5) is 5.69 Å². The first kappa shape index (κ1) is 14.2. The number of hydrogen-bond donors (Lipinski definition) is 2. The van der Waals surface area contributed by atoms with Gasteiger partial charge in [-0.1, -0.05) is 26.0 Å². The molecule has 4 heteroatoms. The normalized spacial score (nSPS) is 12.2. The van der Waals surface area contributed by atoms with Crippen LogP contribution in [0.3, 0.4) is 0 Å². The highest BCUT2D eigenvalue weighted by atomic mass is 16.4. The lowest BCUT2D eigenvalue weighted by Gasteiger charge is -2.17. The maximum atomic E-state index is 11.2. The monoisotopic (exact) mass is 249 g/mol. The minimum Gasteiger partial charge on any atom is -0.481 e. The third-order valence-corrected chi connectivity index (χ3v) is 2.92. The maximum absolute atomic E-state index is 11.2. The molecule has 18 heavy (non-hydrogen) atoms. The van der Waals surface area contributed by atoms with E-state index in [-0.39, 0.29) is 11.7 Å². The van der Waals surface area contributed by atoms with Crippen molar-refractivity contribution in [3.05, 3.63) is 29.8 Å². The van der Waals surface area contributed by atoms with Gasteiger partial charge >= 0.3 is 5.97 Å². The van der Waals surface area contributed by atoms with E-state index < -0.39 is 11.9 Å². The molecule has 4 nitrogen and oxygen atoms in total. The van der Waals surface area contributed by atoms with E-state index >= 15 is 0 Å². The van der Waals surface area contributed by atoms with Gasteiger partial charge in [0.05, 0.1) is 5.92 Å². The van der Waals surface area contributed by atoms with Crippen molar-refractivity contribution < 1.29 is 14.7 Å². The second-order valence-electron chi connectivity index (χ2n) is 4.71. The summed E-state index contributed by atoms with van der Waals surface area (Å²) in [5.74, 6) is -1.19. The number of hydrogen-bond acceptors (Lipinski definition) is 3. The van der Waals surface area contributed by atoms with E-state index in [2.05, 4.69) is 5.32 Å². The number of anilines is 1. The Hall–Kier alpha value is -1.84. The van der Waals surface area contributed by atoms with Gasteiger partial charge in [-0.2, -0.15) is 0 Å². The molecule has 1 aromatic carbocycles. The molecule has 0 spiro atoms. The summed E-state index contributed by atoms with van der Waals surface area (Å²) in [4.78, 5) is 22.3. The summed E-state index contributed by atoms with van der Waals surface area (Å²) >= 11 is 0. The molecule has 0 radical (unpaired) electrons. The van der Waals surface area contributed by atoms with Gasteiger partial charge in [-0.25, -0.2) is 0 Å².